The summed E-state index contributed by atoms with van der Waals surface area (Å²) < 4.78 is 39.4. The molecule has 0 bridgehead atoms. The summed E-state index contributed by atoms with van der Waals surface area (Å²) in [7, 11) is 0. The molecule has 0 saturated heterocycles. The molecule has 1 amide bonds. The molecule has 10 heteroatoms. The first-order valence-electron chi connectivity index (χ1n) is 9.10. The Hall–Kier alpha value is -2.94. The molecule has 0 aliphatic carbocycles. The van der Waals surface area contributed by atoms with Crippen molar-refractivity contribution in [2.24, 2.45) is 5.11 Å². The molecule has 1 aliphatic heterocycles. The Balaban J connectivity index is 1.89. The average Bonchev–Trinajstić information content (AvgIpc) is 2.69. The summed E-state index contributed by atoms with van der Waals surface area (Å²) in [5.41, 5.74) is 8.18. The van der Waals surface area contributed by atoms with Gasteiger partial charge in [-0.3, -0.25) is 4.79 Å². The van der Waals surface area contributed by atoms with Crippen LogP contribution in [0.4, 0.5) is 19.0 Å². The Morgan fingerprint density at radius 2 is 2.07 bits per heavy atom. The second-order valence-electron chi connectivity index (χ2n) is 6.91. The van der Waals surface area contributed by atoms with E-state index >= 15 is 0 Å². The van der Waals surface area contributed by atoms with E-state index in [1.165, 1.54) is 11.0 Å². The van der Waals surface area contributed by atoms with Crippen molar-refractivity contribution in [2.75, 3.05) is 11.9 Å². The van der Waals surface area contributed by atoms with Crippen molar-refractivity contribution in [3.05, 3.63) is 69.6 Å². The molecule has 158 valence electrons. The van der Waals surface area contributed by atoms with E-state index in [1.807, 2.05) is 13.0 Å². The average molecular weight is 438 g/mol. The van der Waals surface area contributed by atoms with Gasteiger partial charge in [-0.05, 0) is 37.6 Å². The van der Waals surface area contributed by atoms with Crippen LogP contribution in [0.5, 0.6) is 0 Å². The fourth-order valence-electron chi connectivity index (χ4n) is 3.29. The van der Waals surface area contributed by atoms with Crippen molar-refractivity contribution in [1.29, 1.82) is 5.53 Å². The maximum absolute atomic E-state index is 13.1. The van der Waals surface area contributed by atoms with Gasteiger partial charge in [0.1, 0.15) is 11.5 Å². The van der Waals surface area contributed by atoms with Gasteiger partial charge in [-0.25, -0.2) is 10.5 Å². The zero-order valence-corrected chi connectivity index (χ0v) is 17.0. The number of rotatable bonds is 4. The van der Waals surface area contributed by atoms with Crippen LogP contribution in [-0.2, 0) is 6.18 Å². The number of pyridine rings is 1. The van der Waals surface area contributed by atoms with Crippen molar-refractivity contribution in [3.8, 4) is 0 Å². The third kappa shape index (κ3) is 4.30. The Morgan fingerprint density at radius 1 is 1.33 bits per heavy atom. The molecule has 2 N–H and O–H groups in total. The van der Waals surface area contributed by atoms with E-state index in [2.05, 4.69) is 15.4 Å². The minimum Gasteiger partial charge on any atom is -0.342 e. The summed E-state index contributed by atoms with van der Waals surface area (Å²) in [5, 5.41) is 6.05. The van der Waals surface area contributed by atoms with E-state index in [4.69, 9.17) is 17.1 Å². The van der Waals surface area contributed by atoms with Crippen LogP contribution >= 0.6 is 11.6 Å². The van der Waals surface area contributed by atoms with Gasteiger partial charge in [0.05, 0.1) is 22.2 Å². The van der Waals surface area contributed by atoms with Gasteiger partial charge in [-0.15, -0.1) is 0 Å². The second kappa shape index (κ2) is 8.43. The van der Waals surface area contributed by atoms with Crippen LogP contribution in [0.3, 0.4) is 0 Å². The number of anilines is 1. The lowest BCUT2D eigenvalue weighted by Crippen LogP contribution is -2.44. The SMILES string of the molecule is Cc1ccc(NC2=C(N=N)C(C)N(C(=O)c3cccc(C(F)(F)F)c3Cl)CC2)nc1. The highest BCUT2D eigenvalue weighted by Gasteiger charge is 2.37. The maximum Gasteiger partial charge on any atom is 0.417 e. The predicted molar refractivity (Wildman–Crippen MR) is 106 cm³/mol. The number of hydrogen-bond acceptors (Lipinski definition) is 5. The summed E-state index contributed by atoms with van der Waals surface area (Å²) in [4.78, 5) is 18.6. The van der Waals surface area contributed by atoms with Gasteiger partial charge in [0, 0.05) is 24.9 Å². The minimum absolute atomic E-state index is 0.222. The maximum atomic E-state index is 13.1. The molecule has 6 nitrogen and oxygen atoms in total. The van der Waals surface area contributed by atoms with Crippen molar-refractivity contribution in [2.45, 2.75) is 32.5 Å². The first-order chi connectivity index (χ1) is 14.1. The van der Waals surface area contributed by atoms with E-state index in [9.17, 15) is 18.0 Å². The summed E-state index contributed by atoms with van der Waals surface area (Å²) in [5.74, 6) is -0.0723. The molecule has 2 heterocycles. The molecule has 0 radical (unpaired) electrons. The number of amides is 1. The first-order valence-corrected chi connectivity index (χ1v) is 9.48. The van der Waals surface area contributed by atoms with Gasteiger partial charge in [0.25, 0.3) is 5.91 Å². The van der Waals surface area contributed by atoms with E-state index in [0.29, 0.717) is 23.6 Å². The molecule has 0 saturated carbocycles. The molecule has 0 spiro atoms. The van der Waals surface area contributed by atoms with E-state index < -0.39 is 28.7 Å². The number of nitrogens with one attached hydrogen (secondary N) is 2. The lowest BCUT2D eigenvalue weighted by Gasteiger charge is -2.35. The molecule has 1 atom stereocenters. The topological polar surface area (TPSA) is 81.4 Å². The van der Waals surface area contributed by atoms with E-state index in [0.717, 1.165) is 17.7 Å². The van der Waals surface area contributed by atoms with Crippen molar-refractivity contribution < 1.29 is 18.0 Å². The van der Waals surface area contributed by atoms with Crippen LogP contribution in [0.2, 0.25) is 5.02 Å². The number of carbonyl (C=O) groups excluding carboxylic acids is 1. The molecule has 1 unspecified atom stereocenters. The van der Waals surface area contributed by atoms with Gasteiger partial charge in [-0.1, -0.05) is 23.7 Å². The summed E-state index contributed by atoms with van der Waals surface area (Å²) >= 11 is 5.91. The number of aryl methyl sites for hydroxylation is 1. The fraction of sp³-hybridized carbons (Fsp3) is 0.300. The third-order valence-electron chi connectivity index (χ3n) is 4.88. The van der Waals surface area contributed by atoms with Crippen LogP contribution in [0.25, 0.3) is 0 Å². The highest BCUT2D eigenvalue weighted by atomic mass is 35.5. The molecule has 30 heavy (non-hydrogen) atoms. The standard InChI is InChI=1S/C20H19ClF3N5O/c1-11-6-7-16(26-10-11)27-15-8-9-29(12(2)18(15)28-25)19(30)13-4-3-5-14(17(13)21)20(22,23)24/h3-7,10,12,25H,8-9H2,1-2H3,(H,26,27). The Labute approximate surface area is 176 Å². The number of aromatic nitrogens is 1. The van der Waals surface area contributed by atoms with Gasteiger partial charge < -0.3 is 10.2 Å². The molecule has 1 aromatic carbocycles. The second-order valence-corrected chi connectivity index (χ2v) is 7.29. The number of benzene rings is 1. The smallest absolute Gasteiger partial charge is 0.342 e. The van der Waals surface area contributed by atoms with Crippen molar-refractivity contribution in [1.82, 2.24) is 9.88 Å². The number of carbonyl (C=O) groups is 1. The number of alkyl halides is 3. The van der Waals surface area contributed by atoms with Gasteiger partial charge >= 0.3 is 6.18 Å². The van der Waals surface area contributed by atoms with Gasteiger partial charge in [0.15, 0.2) is 0 Å². The fourth-order valence-corrected chi connectivity index (χ4v) is 3.60. The summed E-state index contributed by atoms with van der Waals surface area (Å²) in [6.07, 6.45) is -2.64. The molecule has 3 rings (SSSR count). The zero-order chi connectivity index (χ0) is 22.1. The third-order valence-corrected chi connectivity index (χ3v) is 5.29. The lowest BCUT2D eigenvalue weighted by atomic mass is 10.0. The quantitative estimate of drug-likeness (QED) is 0.606. The van der Waals surface area contributed by atoms with E-state index in [-0.39, 0.29) is 12.1 Å². The van der Waals surface area contributed by atoms with Crippen LogP contribution in [0.1, 0.15) is 34.8 Å². The van der Waals surface area contributed by atoms with Crippen LogP contribution in [0.15, 0.2) is 53.0 Å². The number of halogens is 4. The molecule has 1 aliphatic rings. The lowest BCUT2D eigenvalue weighted by molar-refractivity contribution is -0.137. The monoisotopic (exact) mass is 437 g/mol. The zero-order valence-electron chi connectivity index (χ0n) is 16.2. The molecule has 2 aromatic rings. The molecular weight excluding hydrogens is 419 g/mol. The summed E-state index contributed by atoms with van der Waals surface area (Å²) in [6.45, 7) is 3.79. The van der Waals surface area contributed by atoms with Crippen LogP contribution in [-0.4, -0.2) is 28.4 Å². The van der Waals surface area contributed by atoms with Crippen LogP contribution < -0.4 is 5.32 Å². The number of hydrogen-bond donors (Lipinski definition) is 2. The highest BCUT2D eigenvalue weighted by molar-refractivity contribution is 6.34. The van der Waals surface area contributed by atoms with Crippen molar-refractivity contribution in [3.63, 3.8) is 0 Å². The molecule has 0 fully saturated rings. The normalized spacial score (nSPS) is 17.1. The van der Waals surface area contributed by atoms with E-state index in [1.54, 1.807) is 19.2 Å². The van der Waals surface area contributed by atoms with Crippen molar-refractivity contribution >= 4 is 23.3 Å². The largest absolute Gasteiger partial charge is 0.417 e. The Morgan fingerprint density at radius 3 is 2.67 bits per heavy atom. The van der Waals surface area contributed by atoms with Crippen LogP contribution in [0, 0.1) is 12.5 Å². The highest BCUT2D eigenvalue weighted by Crippen LogP contribution is 2.37. The molecule has 1 aromatic heterocycles. The first kappa shape index (κ1) is 21.8. The Bertz CT molecular complexity index is 1000. The minimum atomic E-state index is -4.67. The summed E-state index contributed by atoms with van der Waals surface area (Å²) in [6, 6.07) is 6.28. The predicted octanol–water partition coefficient (Wildman–Crippen LogP) is 5.65. The molecular formula is C20H19ClF3N5O. The van der Waals surface area contributed by atoms with Gasteiger partial charge in [-0.2, -0.15) is 18.3 Å². The number of nitrogens with zero attached hydrogens (tertiary/aromatic N) is 3. The van der Waals surface area contributed by atoms with Gasteiger partial charge in [0.2, 0.25) is 0 Å². The Kier molecular flexibility index (Phi) is 6.12.